The summed E-state index contributed by atoms with van der Waals surface area (Å²) in [5.41, 5.74) is 0.118. The highest BCUT2D eigenvalue weighted by Crippen LogP contribution is 2.57. The summed E-state index contributed by atoms with van der Waals surface area (Å²) in [7, 11) is 0. The van der Waals surface area contributed by atoms with Crippen molar-refractivity contribution >= 4 is 0 Å². The van der Waals surface area contributed by atoms with E-state index in [0.717, 1.165) is 19.3 Å². The van der Waals surface area contributed by atoms with Crippen molar-refractivity contribution in [2.75, 3.05) is 0 Å². The maximum Gasteiger partial charge on any atom is 0.166 e. The molecule has 1 saturated carbocycles. The summed E-state index contributed by atoms with van der Waals surface area (Å²) in [6.07, 6.45) is 7.91. The van der Waals surface area contributed by atoms with E-state index in [-0.39, 0.29) is 5.60 Å². The molecule has 1 spiro atoms. The lowest BCUT2D eigenvalue weighted by atomic mass is 9.88. The molecule has 3 aliphatic rings. The molecule has 0 aromatic heterocycles. The third-order valence-electron chi connectivity index (χ3n) is 4.02. The van der Waals surface area contributed by atoms with Crippen LogP contribution in [0.3, 0.4) is 0 Å². The number of rotatable bonds is 0. The van der Waals surface area contributed by atoms with Crippen LogP contribution >= 0.6 is 0 Å². The molecule has 0 aromatic carbocycles. The van der Waals surface area contributed by atoms with E-state index in [1.54, 1.807) is 0 Å². The maximum atomic E-state index is 10.0. The first kappa shape index (κ1) is 7.34. The van der Waals surface area contributed by atoms with Crippen LogP contribution in [-0.2, 0) is 4.74 Å². The van der Waals surface area contributed by atoms with Crippen LogP contribution in [0.5, 0.6) is 0 Å². The molecular weight excluding hydrogens is 152 g/mol. The smallest absolute Gasteiger partial charge is 0.166 e. The van der Waals surface area contributed by atoms with Crippen LogP contribution in [0.4, 0.5) is 0 Å². The topological polar surface area (TPSA) is 29.5 Å². The van der Waals surface area contributed by atoms with Crippen LogP contribution in [0.2, 0.25) is 0 Å². The predicted molar refractivity (Wildman–Crippen MR) is 44.6 cm³/mol. The minimum atomic E-state index is -0.719. The molecule has 1 unspecified atom stereocenters. The fourth-order valence-electron chi connectivity index (χ4n) is 3.54. The molecular formula is C10H16O2. The van der Waals surface area contributed by atoms with Crippen LogP contribution < -0.4 is 0 Å². The summed E-state index contributed by atoms with van der Waals surface area (Å²) in [4.78, 5) is 0. The van der Waals surface area contributed by atoms with Crippen LogP contribution in [0.25, 0.3) is 0 Å². The van der Waals surface area contributed by atoms with Gasteiger partial charge in [0.25, 0.3) is 0 Å². The Hall–Kier alpha value is -0.0800. The van der Waals surface area contributed by atoms with Crippen molar-refractivity contribution in [1.82, 2.24) is 0 Å². The van der Waals surface area contributed by atoms with Gasteiger partial charge in [0, 0.05) is 12.8 Å². The quantitative estimate of drug-likeness (QED) is 0.598. The highest BCUT2D eigenvalue weighted by atomic mass is 16.6. The van der Waals surface area contributed by atoms with Crippen molar-refractivity contribution in [3.05, 3.63) is 0 Å². The van der Waals surface area contributed by atoms with Crippen molar-refractivity contribution in [2.45, 2.75) is 56.3 Å². The molecule has 3 atom stereocenters. The Kier molecular flexibility index (Phi) is 1.25. The summed E-state index contributed by atoms with van der Waals surface area (Å²) >= 11 is 0. The summed E-state index contributed by atoms with van der Waals surface area (Å²) in [6, 6.07) is 0. The highest BCUT2D eigenvalue weighted by molar-refractivity contribution is 5.05. The summed E-state index contributed by atoms with van der Waals surface area (Å²) in [5.74, 6) is -0.0476. The van der Waals surface area contributed by atoms with E-state index in [4.69, 9.17) is 4.74 Å². The molecule has 2 heterocycles. The van der Waals surface area contributed by atoms with E-state index in [1.165, 1.54) is 25.7 Å². The first-order valence-corrected chi connectivity index (χ1v) is 5.15. The lowest BCUT2D eigenvalue weighted by molar-refractivity contribution is -0.249. The molecule has 68 valence electrons. The Morgan fingerprint density at radius 2 is 2.00 bits per heavy atom. The molecule has 0 amide bonds. The van der Waals surface area contributed by atoms with E-state index >= 15 is 0 Å². The summed E-state index contributed by atoms with van der Waals surface area (Å²) < 4.78 is 5.85. The van der Waals surface area contributed by atoms with E-state index in [1.807, 2.05) is 0 Å². The lowest BCUT2D eigenvalue weighted by Crippen LogP contribution is -2.40. The molecule has 12 heavy (non-hydrogen) atoms. The van der Waals surface area contributed by atoms with Gasteiger partial charge in [-0.1, -0.05) is 6.42 Å². The SMILES string of the molecule is O[C@]12CCC[C@@]3(CCCC3C1)O2. The minimum Gasteiger partial charge on any atom is -0.365 e. The molecule has 1 N–H and O–H groups in total. The lowest BCUT2D eigenvalue weighted by Gasteiger charge is -2.36. The normalized spacial score (nSPS) is 57.2. The largest absolute Gasteiger partial charge is 0.365 e. The fourth-order valence-corrected chi connectivity index (χ4v) is 3.54. The Morgan fingerprint density at radius 1 is 1.17 bits per heavy atom. The number of aliphatic hydroxyl groups is 1. The zero-order valence-corrected chi connectivity index (χ0v) is 7.38. The minimum absolute atomic E-state index is 0.118. The zero-order valence-electron chi connectivity index (χ0n) is 7.38. The van der Waals surface area contributed by atoms with Crippen LogP contribution in [0.15, 0.2) is 0 Å². The molecule has 2 aliphatic heterocycles. The van der Waals surface area contributed by atoms with Gasteiger partial charge < -0.3 is 9.84 Å². The number of hydrogen-bond donors (Lipinski definition) is 1. The molecule has 2 heteroatoms. The Morgan fingerprint density at radius 3 is 2.92 bits per heavy atom. The van der Waals surface area contributed by atoms with Gasteiger partial charge in [0.05, 0.1) is 5.60 Å². The standard InChI is InChI=1S/C10H16O2/c11-10-6-2-5-9(12-10)4-1-3-8(9)7-10/h8,11H,1-7H2/t8?,9-,10+/m1/s1. The zero-order chi connectivity index (χ0) is 8.23. The van der Waals surface area contributed by atoms with Gasteiger partial charge >= 0.3 is 0 Å². The van der Waals surface area contributed by atoms with Crippen molar-refractivity contribution < 1.29 is 9.84 Å². The van der Waals surface area contributed by atoms with Gasteiger partial charge in [0.15, 0.2) is 5.79 Å². The molecule has 3 rings (SSSR count). The van der Waals surface area contributed by atoms with E-state index in [2.05, 4.69) is 0 Å². The molecule has 3 fully saturated rings. The van der Waals surface area contributed by atoms with Gasteiger partial charge in [0.1, 0.15) is 0 Å². The third-order valence-corrected chi connectivity index (χ3v) is 4.02. The maximum absolute atomic E-state index is 10.0. The Balaban J connectivity index is 1.97. The number of ether oxygens (including phenoxy) is 1. The third kappa shape index (κ3) is 0.775. The van der Waals surface area contributed by atoms with Crippen LogP contribution in [0, 0.1) is 5.92 Å². The molecule has 2 nitrogen and oxygen atoms in total. The molecule has 0 radical (unpaired) electrons. The van der Waals surface area contributed by atoms with Crippen LogP contribution in [-0.4, -0.2) is 16.5 Å². The van der Waals surface area contributed by atoms with Crippen molar-refractivity contribution in [1.29, 1.82) is 0 Å². The average molecular weight is 168 g/mol. The molecule has 2 saturated heterocycles. The van der Waals surface area contributed by atoms with Crippen molar-refractivity contribution in [3.63, 3.8) is 0 Å². The van der Waals surface area contributed by atoms with E-state index in [9.17, 15) is 5.11 Å². The number of hydrogen-bond acceptors (Lipinski definition) is 2. The van der Waals surface area contributed by atoms with Gasteiger partial charge in [-0.3, -0.25) is 0 Å². The highest BCUT2D eigenvalue weighted by Gasteiger charge is 2.58. The predicted octanol–water partition coefficient (Wildman–Crippen LogP) is 1.82. The van der Waals surface area contributed by atoms with E-state index in [0.29, 0.717) is 5.92 Å². The van der Waals surface area contributed by atoms with Crippen molar-refractivity contribution in [3.8, 4) is 0 Å². The number of fused-ring (bicyclic) bond motifs is 1. The van der Waals surface area contributed by atoms with Gasteiger partial charge in [0.2, 0.25) is 0 Å². The Labute approximate surface area is 72.9 Å². The van der Waals surface area contributed by atoms with Gasteiger partial charge in [-0.2, -0.15) is 0 Å². The fraction of sp³-hybridized carbons (Fsp3) is 1.00. The van der Waals surface area contributed by atoms with Gasteiger partial charge in [-0.05, 0) is 31.6 Å². The first-order valence-electron chi connectivity index (χ1n) is 5.15. The van der Waals surface area contributed by atoms with Gasteiger partial charge in [-0.15, -0.1) is 0 Å². The molecule has 2 bridgehead atoms. The first-order chi connectivity index (χ1) is 5.73. The van der Waals surface area contributed by atoms with Crippen molar-refractivity contribution in [2.24, 2.45) is 5.92 Å². The second-order valence-corrected chi connectivity index (χ2v) is 4.76. The summed E-state index contributed by atoms with van der Waals surface area (Å²) in [6.45, 7) is 0. The second kappa shape index (κ2) is 2.05. The molecule has 0 aromatic rings. The Bertz CT molecular complexity index is 216. The monoisotopic (exact) mass is 168 g/mol. The van der Waals surface area contributed by atoms with Gasteiger partial charge in [-0.25, -0.2) is 0 Å². The molecule has 1 aliphatic carbocycles. The summed E-state index contributed by atoms with van der Waals surface area (Å²) in [5, 5.41) is 10.0. The van der Waals surface area contributed by atoms with Crippen LogP contribution in [0.1, 0.15) is 44.9 Å². The average Bonchev–Trinajstić information content (AvgIpc) is 2.39. The second-order valence-electron chi connectivity index (χ2n) is 4.76. The van der Waals surface area contributed by atoms with E-state index < -0.39 is 5.79 Å².